The molecule has 6 nitrogen and oxygen atoms in total. The molecule has 0 aliphatic carbocycles. The van der Waals surface area contributed by atoms with Gasteiger partial charge in [-0.2, -0.15) is 13.2 Å². The van der Waals surface area contributed by atoms with Crippen molar-refractivity contribution >= 4 is 38.9 Å². The summed E-state index contributed by atoms with van der Waals surface area (Å²) in [6, 6.07) is 6.74. The molecule has 1 fully saturated rings. The highest BCUT2D eigenvalue weighted by molar-refractivity contribution is 7.90. The highest BCUT2D eigenvalue weighted by Crippen LogP contribution is 2.34. The summed E-state index contributed by atoms with van der Waals surface area (Å²) in [7, 11) is -3.31. The fourth-order valence-electron chi connectivity index (χ4n) is 3.20. The van der Waals surface area contributed by atoms with Gasteiger partial charge in [0.2, 0.25) is 5.91 Å². The molecule has 1 aromatic carbocycles. The van der Waals surface area contributed by atoms with Gasteiger partial charge in [0.05, 0.1) is 15.5 Å². The second kappa shape index (κ2) is 8.43. The number of anilines is 2. The Labute approximate surface area is 177 Å². The van der Waals surface area contributed by atoms with E-state index >= 15 is 0 Å². The first-order valence-corrected chi connectivity index (χ1v) is 11.3. The molecule has 0 unspecified atom stereocenters. The fourth-order valence-corrected chi connectivity index (χ4v) is 4.12. The molecule has 0 radical (unpaired) electrons. The minimum absolute atomic E-state index is 0.0845. The van der Waals surface area contributed by atoms with E-state index in [2.05, 4.69) is 10.3 Å². The van der Waals surface area contributed by atoms with Crippen LogP contribution in [-0.4, -0.2) is 38.7 Å². The van der Waals surface area contributed by atoms with E-state index in [1.54, 1.807) is 4.90 Å². The molecule has 2 heterocycles. The van der Waals surface area contributed by atoms with E-state index in [9.17, 15) is 26.4 Å². The number of rotatable bonds is 4. The van der Waals surface area contributed by atoms with Crippen LogP contribution < -0.4 is 10.2 Å². The maximum Gasteiger partial charge on any atom is 0.417 e. The Bertz CT molecular complexity index is 1040. The molecule has 1 N–H and O–H groups in total. The second-order valence-electron chi connectivity index (χ2n) is 7.07. The number of pyridine rings is 1. The van der Waals surface area contributed by atoms with Crippen molar-refractivity contribution < 1.29 is 26.4 Å². The number of halogens is 4. The minimum Gasteiger partial charge on any atom is -0.355 e. The molecule has 11 heteroatoms. The van der Waals surface area contributed by atoms with E-state index in [1.165, 1.54) is 24.3 Å². The topological polar surface area (TPSA) is 79.4 Å². The van der Waals surface area contributed by atoms with Crippen LogP contribution in [0.4, 0.5) is 24.7 Å². The molecule has 0 saturated carbocycles. The van der Waals surface area contributed by atoms with Gasteiger partial charge in [0.15, 0.2) is 9.84 Å². The van der Waals surface area contributed by atoms with Crippen LogP contribution in [-0.2, 0) is 20.8 Å². The first-order valence-electron chi connectivity index (χ1n) is 9.04. The van der Waals surface area contributed by atoms with Crippen LogP contribution in [0.25, 0.3) is 0 Å². The standard InChI is InChI=1S/C19H19ClF3N3O3S/c1-30(28,29)15-4-2-14(3-5-15)25-18(27)12-6-8-26(9-7-12)17-16(20)10-13(11-24-17)19(21,22)23/h2-5,10-12H,6-9H2,1H3,(H,25,27). The van der Waals surface area contributed by atoms with Gasteiger partial charge in [0.1, 0.15) is 5.82 Å². The van der Waals surface area contributed by atoms with Crippen LogP contribution in [0.15, 0.2) is 41.4 Å². The summed E-state index contributed by atoms with van der Waals surface area (Å²) < 4.78 is 61.2. The lowest BCUT2D eigenvalue weighted by Crippen LogP contribution is -2.38. The second-order valence-corrected chi connectivity index (χ2v) is 9.50. The van der Waals surface area contributed by atoms with Crippen LogP contribution in [0.5, 0.6) is 0 Å². The molecule has 30 heavy (non-hydrogen) atoms. The van der Waals surface area contributed by atoms with Crippen LogP contribution in [0.3, 0.4) is 0 Å². The number of hydrogen-bond donors (Lipinski definition) is 1. The van der Waals surface area contributed by atoms with Gasteiger partial charge in [-0.15, -0.1) is 0 Å². The van der Waals surface area contributed by atoms with Crippen LogP contribution in [0, 0.1) is 5.92 Å². The molecule has 0 bridgehead atoms. The Morgan fingerprint density at radius 1 is 1.20 bits per heavy atom. The number of benzene rings is 1. The van der Waals surface area contributed by atoms with Crippen molar-refractivity contribution in [3.05, 3.63) is 47.1 Å². The monoisotopic (exact) mass is 461 g/mol. The molecule has 0 spiro atoms. The first kappa shape index (κ1) is 22.4. The van der Waals surface area contributed by atoms with Gasteiger partial charge in [0.25, 0.3) is 0 Å². The van der Waals surface area contributed by atoms with E-state index in [-0.39, 0.29) is 27.6 Å². The summed E-state index contributed by atoms with van der Waals surface area (Å²) in [4.78, 5) is 18.3. The van der Waals surface area contributed by atoms with Crippen LogP contribution in [0.1, 0.15) is 18.4 Å². The first-order chi connectivity index (χ1) is 13.9. The summed E-state index contributed by atoms with van der Waals surface area (Å²) >= 11 is 5.99. The van der Waals surface area contributed by atoms with Gasteiger partial charge in [-0.3, -0.25) is 4.79 Å². The highest BCUT2D eigenvalue weighted by Gasteiger charge is 2.33. The number of carbonyl (C=O) groups is 1. The third-order valence-electron chi connectivity index (χ3n) is 4.86. The average molecular weight is 462 g/mol. The maximum absolute atomic E-state index is 12.8. The number of amides is 1. The molecule has 1 amide bonds. The average Bonchev–Trinajstić information content (AvgIpc) is 2.67. The smallest absolute Gasteiger partial charge is 0.355 e. The van der Waals surface area contributed by atoms with Gasteiger partial charge in [-0.1, -0.05) is 11.6 Å². The summed E-state index contributed by atoms with van der Waals surface area (Å²) in [5, 5.41) is 2.68. The normalized spacial score (nSPS) is 15.8. The SMILES string of the molecule is CS(=O)(=O)c1ccc(NC(=O)C2CCN(c3ncc(C(F)(F)F)cc3Cl)CC2)cc1. The predicted molar refractivity (Wildman–Crippen MR) is 107 cm³/mol. The minimum atomic E-state index is -4.51. The van der Waals surface area contributed by atoms with E-state index in [0.717, 1.165) is 18.5 Å². The molecule has 162 valence electrons. The van der Waals surface area contributed by atoms with E-state index in [1.807, 2.05) is 0 Å². The lowest BCUT2D eigenvalue weighted by Gasteiger charge is -2.32. The number of alkyl halides is 3. The maximum atomic E-state index is 12.8. The number of sulfone groups is 1. The lowest BCUT2D eigenvalue weighted by molar-refractivity contribution is -0.137. The Morgan fingerprint density at radius 2 is 1.80 bits per heavy atom. The molecule has 1 aromatic heterocycles. The molecule has 1 aliphatic rings. The molecule has 1 aliphatic heterocycles. The van der Waals surface area contributed by atoms with Crippen molar-refractivity contribution in [1.82, 2.24) is 4.98 Å². The van der Waals surface area contributed by atoms with E-state index in [0.29, 0.717) is 31.6 Å². The van der Waals surface area contributed by atoms with Crippen molar-refractivity contribution in [3.8, 4) is 0 Å². The summed E-state index contributed by atoms with van der Waals surface area (Å²) in [5.41, 5.74) is -0.422. The largest absolute Gasteiger partial charge is 0.417 e. The van der Waals surface area contributed by atoms with Gasteiger partial charge in [-0.05, 0) is 43.2 Å². The number of carbonyl (C=O) groups excluding carboxylic acids is 1. The van der Waals surface area contributed by atoms with Crippen molar-refractivity contribution in [2.24, 2.45) is 5.92 Å². The lowest BCUT2D eigenvalue weighted by atomic mass is 9.95. The van der Waals surface area contributed by atoms with Crippen molar-refractivity contribution in [1.29, 1.82) is 0 Å². The third kappa shape index (κ3) is 5.23. The van der Waals surface area contributed by atoms with Crippen molar-refractivity contribution in [2.75, 3.05) is 29.6 Å². The number of piperidine rings is 1. The molecule has 3 rings (SSSR count). The van der Waals surface area contributed by atoms with E-state index in [4.69, 9.17) is 11.6 Å². The number of aromatic nitrogens is 1. The van der Waals surface area contributed by atoms with Crippen LogP contribution in [0.2, 0.25) is 5.02 Å². The Kier molecular flexibility index (Phi) is 6.28. The molecule has 2 aromatic rings. The Balaban J connectivity index is 1.59. The summed E-state index contributed by atoms with van der Waals surface area (Å²) in [5.74, 6) is -0.225. The number of hydrogen-bond acceptors (Lipinski definition) is 5. The Morgan fingerprint density at radius 3 is 2.30 bits per heavy atom. The third-order valence-corrected chi connectivity index (χ3v) is 6.27. The van der Waals surface area contributed by atoms with Gasteiger partial charge < -0.3 is 10.2 Å². The predicted octanol–water partition coefficient (Wildman–Crippen LogP) is 4.01. The molecular weight excluding hydrogens is 443 g/mol. The van der Waals surface area contributed by atoms with Crippen molar-refractivity contribution in [2.45, 2.75) is 23.9 Å². The highest BCUT2D eigenvalue weighted by atomic mass is 35.5. The van der Waals surface area contributed by atoms with Crippen LogP contribution >= 0.6 is 11.6 Å². The summed E-state index contributed by atoms with van der Waals surface area (Å²) in [6.07, 6.45) is -1.70. The quantitative estimate of drug-likeness (QED) is 0.744. The summed E-state index contributed by atoms with van der Waals surface area (Å²) in [6.45, 7) is 0.840. The molecule has 0 atom stereocenters. The Hall–Kier alpha value is -2.33. The van der Waals surface area contributed by atoms with E-state index < -0.39 is 21.6 Å². The fraction of sp³-hybridized carbons (Fsp3) is 0.368. The number of nitrogens with zero attached hydrogens (tertiary/aromatic N) is 2. The number of nitrogens with one attached hydrogen (secondary N) is 1. The van der Waals surface area contributed by atoms with Crippen molar-refractivity contribution in [3.63, 3.8) is 0 Å². The zero-order valence-electron chi connectivity index (χ0n) is 15.9. The molecular formula is C19H19ClF3N3O3S. The molecule has 1 saturated heterocycles. The zero-order valence-corrected chi connectivity index (χ0v) is 17.5. The van der Waals surface area contributed by atoms with Gasteiger partial charge in [0, 0.05) is 37.1 Å². The zero-order chi connectivity index (χ0) is 22.1. The van der Waals surface area contributed by atoms with Gasteiger partial charge in [-0.25, -0.2) is 13.4 Å². The van der Waals surface area contributed by atoms with Gasteiger partial charge >= 0.3 is 6.18 Å².